The number of ether oxygens (including phenoxy) is 1. The van der Waals surface area contributed by atoms with Crippen molar-refractivity contribution in [2.75, 3.05) is 6.54 Å². The van der Waals surface area contributed by atoms with Crippen LogP contribution < -0.4 is 0 Å². The molecule has 0 aliphatic rings. The van der Waals surface area contributed by atoms with Gasteiger partial charge in [-0.1, -0.05) is 6.92 Å². The zero-order valence-electron chi connectivity index (χ0n) is 17.3. The van der Waals surface area contributed by atoms with E-state index in [1.54, 1.807) is 13.8 Å². The molecule has 0 amide bonds. The lowest BCUT2D eigenvalue weighted by atomic mass is 10.1. The molecule has 0 saturated heterocycles. The Balaban J connectivity index is 3.20. The molecule has 1 aromatic rings. The quantitative estimate of drug-likeness (QED) is 0.364. The van der Waals surface area contributed by atoms with Crippen LogP contribution in [0.1, 0.15) is 41.0 Å². The van der Waals surface area contributed by atoms with Gasteiger partial charge in [-0.3, -0.25) is 4.31 Å². The van der Waals surface area contributed by atoms with Crippen molar-refractivity contribution >= 4 is 21.8 Å². The second-order valence-corrected chi connectivity index (χ2v) is 8.64. The van der Waals surface area contributed by atoms with Crippen LogP contribution in [-0.2, 0) is 14.8 Å². The Morgan fingerprint density at radius 3 is 2.17 bits per heavy atom. The first-order valence-corrected chi connectivity index (χ1v) is 10.5. The van der Waals surface area contributed by atoms with Gasteiger partial charge in [0.2, 0.25) is 5.60 Å². The van der Waals surface area contributed by atoms with E-state index < -0.39 is 33.6 Å². The maximum absolute atomic E-state index is 13.1. The molecule has 6 nitrogen and oxygen atoms in total. The van der Waals surface area contributed by atoms with Crippen molar-refractivity contribution in [1.29, 1.82) is 5.41 Å². The minimum Gasteiger partial charge on any atom is -0.448 e. The molecule has 0 aromatic heterocycles. The van der Waals surface area contributed by atoms with Gasteiger partial charge in [0.05, 0.1) is 4.90 Å². The summed E-state index contributed by atoms with van der Waals surface area (Å²) in [5, 5.41) is 7.58. The lowest BCUT2D eigenvalue weighted by Gasteiger charge is -2.27. The van der Waals surface area contributed by atoms with E-state index in [4.69, 9.17) is 5.41 Å². The molecule has 1 aromatic carbocycles. The van der Waals surface area contributed by atoms with Gasteiger partial charge in [0.1, 0.15) is 5.82 Å². The number of allylic oxidation sites excluding steroid dienone is 2. The average Bonchev–Trinajstić information content (AvgIpc) is 2.59. The molecule has 0 saturated carbocycles. The number of hydrogen-bond acceptors (Lipinski definition) is 4. The number of nitrogens with zero attached hydrogens (tertiary/aromatic N) is 2. The Morgan fingerprint density at radius 2 is 1.73 bits per heavy atom. The summed E-state index contributed by atoms with van der Waals surface area (Å²) in [5.74, 6) is -0.577. The van der Waals surface area contributed by atoms with Gasteiger partial charge in [-0.25, -0.2) is 23.2 Å². The van der Waals surface area contributed by atoms with Crippen LogP contribution in [0.2, 0.25) is 0 Å². The molecule has 0 aliphatic heterocycles. The maximum atomic E-state index is 13.1. The summed E-state index contributed by atoms with van der Waals surface area (Å²) in [4.78, 5) is 3.57. The van der Waals surface area contributed by atoms with Crippen molar-refractivity contribution in [3.63, 3.8) is 0 Å². The Hall–Kier alpha value is -2.43. The Labute approximate surface area is 173 Å². The summed E-state index contributed by atoms with van der Waals surface area (Å²) in [7, 11) is -3.99. The normalized spacial score (nSPS) is 13.9. The molecular weight excluding hydrogens is 426 g/mol. The monoisotopic (exact) mass is 451 g/mol. The fourth-order valence-electron chi connectivity index (χ4n) is 2.37. The largest absolute Gasteiger partial charge is 0.448 e. The van der Waals surface area contributed by atoms with Gasteiger partial charge < -0.3 is 4.74 Å². The van der Waals surface area contributed by atoms with E-state index in [1.807, 2.05) is 0 Å². The fraction of sp³-hybridized carbons (Fsp3) is 0.474. The Morgan fingerprint density at radius 1 is 1.20 bits per heavy atom. The zero-order valence-corrected chi connectivity index (χ0v) is 18.2. The first-order chi connectivity index (χ1) is 13.7. The van der Waals surface area contributed by atoms with E-state index in [2.05, 4.69) is 9.73 Å². The van der Waals surface area contributed by atoms with E-state index in [-0.39, 0.29) is 23.6 Å². The molecule has 0 aliphatic carbocycles. The number of amidine groups is 1. The van der Waals surface area contributed by atoms with Gasteiger partial charge in [-0.15, -0.1) is 0 Å². The lowest BCUT2D eigenvalue weighted by Crippen LogP contribution is -2.43. The van der Waals surface area contributed by atoms with Crippen molar-refractivity contribution < 1.29 is 30.7 Å². The zero-order chi connectivity index (χ0) is 23.3. The number of rotatable bonds is 7. The van der Waals surface area contributed by atoms with E-state index in [0.717, 1.165) is 42.4 Å². The SMILES string of the molecule is CC/C(=C\C(C)=NC(=N)OC(C)(C)C(F)(F)F)N(CC)S(=O)(=O)c1ccc(F)cc1. The predicted octanol–water partition coefficient (Wildman–Crippen LogP) is 4.88. The molecule has 0 atom stereocenters. The molecule has 1 rings (SSSR count). The maximum Gasteiger partial charge on any atom is 0.427 e. The second-order valence-electron chi connectivity index (χ2n) is 6.78. The van der Waals surface area contributed by atoms with Gasteiger partial charge in [0, 0.05) is 18.0 Å². The third-order valence-electron chi connectivity index (χ3n) is 4.06. The Kier molecular flexibility index (Phi) is 8.18. The minimum atomic E-state index is -4.70. The van der Waals surface area contributed by atoms with Crippen molar-refractivity contribution in [3.8, 4) is 0 Å². The molecule has 0 heterocycles. The number of nitrogens with one attached hydrogen (secondary N) is 1. The molecule has 1 N–H and O–H groups in total. The minimum absolute atomic E-state index is 0.0573. The summed E-state index contributed by atoms with van der Waals surface area (Å²) in [6, 6.07) is 3.40. The van der Waals surface area contributed by atoms with Crippen LogP contribution in [0.25, 0.3) is 0 Å². The van der Waals surface area contributed by atoms with Crippen LogP contribution in [0.3, 0.4) is 0 Å². The smallest absolute Gasteiger partial charge is 0.427 e. The molecule has 30 heavy (non-hydrogen) atoms. The topological polar surface area (TPSA) is 82.8 Å². The second kappa shape index (κ2) is 9.59. The number of hydrogen-bond donors (Lipinski definition) is 1. The van der Waals surface area contributed by atoms with Crippen LogP contribution >= 0.6 is 0 Å². The third kappa shape index (κ3) is 6.28. The van der Waals surface area contributed by atoms with Crippen molar-refractivity contribution in [2.24, 2.45) is 4.99 Å². The summed E-state index contributed by atoms with van der Waals surface area (Å²) in [6.45, 7) is 6.31. The van der Waals surface area contributed by atoms with Gasteiger partial charge in [-0.05, 0) is 64.5 Å². The number of sulfonamides is 1. The van der Waals surface area contributed by atoms with Crippen molar-refractivity contribution in [3.05, 3.63) is 41.9 Å². The van der Waals surface area contributed by atoms with E-state index in [0.29, 0.717) is 5.70 Å². The van der Waals surface area contributed by atoms with Crippen molar-refractivity contribution in [1.82, 2.24) is 4.31 Å². The van der Waals surface area contributed by atoms with E-state index in [1.165, 1.54) is 13.0 Å². The van der Waals surface area contributed by atoms with Crippen LogP contribution in [0.4, 0.5) is 17.6 Å². The molecule has 0 fully saturated rings. The highest BCUT2D eigenvalue weighted by Gasteiger charge is 2.50. The van der Waals surface area contributed by atoms with Gasteiger partial charge in [0.25, 0.3) is 10.0 Å². The molecule has 168 valence electrons. The van der Waals surface area contributed by atoms with E-state index >= 15 is 0 Å². The first kappa shape index (κ1) is 25.6. The third-order valence-corrected chi connectivity index (χ3v) is 6.00. The Bertz CT molecular complexity index is 921. The summed E-state index contributed by atoms with van der Waals surface area (Å²) < 4.78 is 83.3. The molecule has 11 heteroatoms. The van der Waals surface area contributed by atoms with Gasteiger partial charge in [0.15, 0.2) is 0 Å². The van der Waals surface area contributed by atoms with Crippen LogP contribution in [0.5, 0.6) is 0 Å². The molecule has 0 bridgehead atoms. The number of benzene rings is 1. The molecule has 0 unspecified atom stereocenters. The molecule has 0 radical (unpaired) electrons. The van der Waals surface area contributed by atoms with E-state index in [9.17, 15) is 26.0 Å². The summed E-state index contributed by atoms with van der Waals surface area (Å²) in [6.07, 6.45) is -3.10. The molecular formula is C19H25F4N3O3S. The standard InChI is InChI=1S/C19H25F4N3O3S/c1-6-15(12-13(3)25-17(24)29-18(4,5)19(21,22)23)26(7-2)30(27,28)16-10-8-14(20)9-11-16/h8-12,24H,6-7H2,1-5H3/b15-12+,24-17?,25-13?. The van der Waals surface area contributed by atoms with Crippen LogP contribution in [0, 0.1) is 11.2 Å². The predicted molar refractivity (Wildman–Crippen MR) is 106 cm³/mol. The highest BCUT2D eigenvalue weighted by atomic mass is 32.2. The number of halogens is 4. The highest BCUT2D eigenvalue weighted by Crippen LogP contribution is 2.33. The van der Waals surface area contributed by atoms with Crippen LogP contribution in [0.15, 0.2) is 45.9 Å². The first-order valence-electron chi connectivity index (χ1n) is 9.04. The van der Waals surface area contributed by atoms with Gasteiger partial charge >= 0.3 is 12.2 Å². The van der Waals surface area contributed by atoms with Gasteiger partial charge in [-0.2, -0.15) is 13.2 Å². The van der Waals surface area contributed by atoms with Crippen molar-refractivity contribution in [2.45, 2.75) is 57.7 Å². The number of alkyl halides is 3. The lowest BCUT2D eigenvalue weighted by molar-refractivity contribution is -0.239. The fourth-order valence-corrected chi connectivity index (χ4v) is 3.93. The van der Waals surface area contributed by atoms with Crippen LogP contribution in [-0.4, -0.2) is 42.8 Å². The number of aliphatic imine (C=N–C) groups is 1. The highest BCUT2D eigenvalue weighted by molar-refractivity contribution is 7.89. The average molecular weight is 451 g/mol. The molecule has 0 spiro atoms. The summed E-state index contributed by atoms with van der Waals surface area (Å²) in [5.41, 5.74) is -2.22. The summed E-state index contributed by atoms with van der Waals surface area (Å²) >= 11 is 0.